The molecule has 10 nitrogen and oxygen atoms in total. The third kappa shape index (κ3) is 9.20. The van der Waals surface area contributed by atoms with E-state index in [1.54, 1.807) is 0 Å². The van der Waals surface area contributed by atoms with Gasteiger partial charge in [0.05, 0.1) is 0 Å². The highest BCUT2D eigenvalue weighted by Gasteiger charge is 2.51. The van der Waals surface area contributed by atoms with Crippen LogP contribution in [0.25, 0.3) is 0 Å². The van der Waals surface area contributed by atoms with E-state index in [9.17, 15) is 23.6 Å². The van der Waals surface area contributed by atoms with E-state index in [2.05, 4.69) is 10.1 Å². The topological polar surface area (TPSA) is 126 Å². The lowest BCUT2D eigenvalue weighted by Gasteiger charge is -2.42. The quantitative estimate of drug-likeness (QED) is 0.341. The lowest BCUT2D eigenvalue weighted by molar-refractivity contribution is -0.245. The lowest BCUT2D eigenvalue weighted by Crippen LogP contribution is -2.65. The van der Waals surface area contributed by atoms with Gasteiger partial charge in [0, 0.05) is 20.8 Å². The van der Waals surface area contributed by atoms with Gasteiger partial charge >= 0.3 is 24.0 Å². The largest absolute Gasteiger partial charge is 0.463 e. The van der Waals surface area contributed by atoms with E-state index in [0.29, 0.717) is 0 Å². The summed E-state index contributed by atoms with van der Waals surface area (Å²) in [6.07, 6.45) is -7.75. The van der Waals surface area contributed by atoms with E-state index in [4.69, 9.17) is 53.8 Å². The van der Waals surface area contributed by atoms with Gasteiger partial charge < -0.3 is 29.0 Å². The Kier molecular flexibility index (Phi) is 9.66. The fourth-order valence-corrected chi connectivity index (χ4v) is 2.53. The molecule has 1 fully saturated rings. The first kappa shape index (κ1) is 25.5. The molecule has 0 aromatic rings. The van der Waals surface area contributed by atoms with E-state index >= 15 is 0 Å². The third-order valence-corrected chi connectivity index (χ3v) is 3.67. The molecule has 1 rings (SSSR count). The fourth-order valence-electron chi connectivity index (χ4n) is 2.37. The molecule has 1 N–H and O–H groups in total. The Hall–Kier alpha value is -1.56. The molecule has 0 radical (unpaired) electrons. The van der Waals surface area contributed by atoms with Crippen molar-refractivity contribution in [2.24, 2.45) is 0 Å². The van der Waals surface area contributed by atoms with E-state index in [1.807, 2.05) is 0 Å². The van der Waals surface area contributed by atoms with Crippen molar-refractivity contribution in [2.45, 2.75) is 55.3 Å². The van der Waals surface area contributed by atoms with Gasteiger partial charge in [-0.1, -0.05) is 34.8 Å². The molecule has 0 aromatic heterocycles. The number of esters is 3. The van der Waals surface area contributed by atoms with Crippen molar-refractivity contribution < 1.29 is 47.3 Å². The zero-order valence-corrected chi connectivity index (χ0v) is 17.8. The van der Waals surface area contributed by atoms with Gasteiger partial charge in [-0.25, -0.2) is 9.18 Å². The Balaban J connectivity index is 3.06. The molecule has 1 saturated heterocycles. The molecule has 0 aliphatic carbocycles. The maximum atomic E-state index is 14.6. The Morgan fingerprint density at radius 3 is 2.00 bits per heavy atom. The zero-order chi connectivity index (χ0) is 22.4. The van der Waals surface area contributed by atoms with Crippen LogP contribution in [-0.2, 0) is 38.1 Å². The number of hydrogen-bond donors (Lipinski definition) is 1. The Morgan fingerprint density at radius 1 is 0.966 bits per heavy atom. The fraction of sp³-hybridized carbons (Fsp3) is 0.733. The summed E-state index contributed by atoms with van der Waals surface area (Å²) in [5.41, 5.74) is 0. The average molecular weight is 483 g/mol. The van der Waals surface area contributed by atoms with Crippen LogP contribution in [-0.4, -0.2) is 71.7 Å². The standard InChI is InChI=1S/C15H19Cl3FNO9/c1-6(21)25-4-9-11(27-7(2)22)12(28-8(3)23)10(13(19)29-9)20-14(24)26-5-15(16,17)18/h9-13H,4-5H2,1-3H3,(H,20,24)/t9-,10-,11-,12-,13-/m1/s1. The van der Waals surface area contributed by atoms with Crippen LogP contribution in [0.1, 0.15) is 20.8 Å². The first-order valence-electron chi connectivity index (χ1n) is 8.07. The molecule has 1 aliphatic heterocycles. The minimum atomic E-state index is -2.26. The smallest absolute Gasteiger partial charge is 0.407 e. The van der Waals surface area contributed by atoms with Crippen LogP contribution < -0.4 is 5.32 Å². The van der Waals surface area contributed by atoms with Gasteiger partial charge in [0.15, 0.2) is 12.2 Å². The zero-order valence-electron chi connectivity index (χ0n) is 15.5. The molecule has 0 unspecified atom stereocenters. The summed E-state index contributed by atoms with van der Waals surface area (Å²) in [6, 6.07) is -1.65. The number of hydrogen-bond acceptors (Lipinski definition) is 9. The minimum Gasteiger partial charge on any atom is -0.463 e. The molecule has 1 amide bonds. The highest BCUT2D eigenvalue weighted by Crippen LogP contribution is 2.29. The highest BCUT2D eigenvalue weighted by molar-refractivity contribution is 6.67. The van der Waals surface area contributed by atoms with Crippen molar-refractivity contribution in [3.05, 3.63) is 0 Å². The average Bonchev–Trinajstić information content (AvgIpc) is 2.55. The number of rotatable bonds is 6. The first-order valence-corrected chi connectivity index (χ1v) is 9.21. The molecule has 1 heterocycles. The number of carbonyl (C=O) groups excluding carboxylic acids is 4. The van der Waals surface area contributed by atoms with Crippen molar-refractivity contribution in [2.75, 3.05) is 13.2 Å². The SMILES string of the molecule is CC(=O)OC[C@H]1O[C@@H](F)[C@H](NC(=O)OCC(Cl)(Cl)Cl)[C@@H](OC(C)=O)[C@@H]1OC(C)=O. The maximum absolute atomic E-state index is 14.6. The van der Waals surface area contributed by atoms with E-state index < -0.39 is 71.7 Å². The van der Waals surface area contributed by atoms with Crippen LogP contribution in [0, 0.1) is 0 Å². The molecular formula is C15H19Cl3FNO9. The Labute approximate surface area is 180 Å². The van der Waals surface area contributed by atoms with E-state index in [-0.39, 0.29) is 0 Å². The first-order chi connectivity index (χ1) is 13.3. The normalized spacial score (nSPS) is 26.8. The number of amides is 1. The number of carbonyl (C=O) groups is 4. The number of nitrogens with one attached hydrogen (secondary N) is 1. The van der Waals surface area contributed by atoms with Crippen LogP contribution >= 0.6 is 34.8 Å². The summed E-state index contributed by atoms with van der Waals surface area (Å²) in [5.74, 6) is -2.39. The van der Waals surface area contributed by atoms with Gasteiger partial charge in [-0.15, -0.1) is 0 Å². The number of alkyl carbamates (subject to hydrolysis) is 1. The van der Waals surface area contributed by atoms with Gasteiger partial charge in [0.1, 0.15) is 25.4 Å². The molecule has 0 saturated carbocycles. The monoisotopic (exact) mass is 481 g/mol. The third-order valence-electron chi connectivity index (χ3n) is 3.34. The second-order valence-electron chi connectivity index (χ2n) is 5.84. The molecule has 5 atom stereocenters. The molecular weight excluding hydrogens is 464 g/mol. The molecule has 0 spiro atoms. The molecule has 1 aliphatic rings. The minimum absolute atomic E-state index is 0.504. The van der Waals surface area contributed by atoms with Crippen molar-refractivity contribution in [1.82, 2.24) is 5.32 Å². The van der Waals surface area contributed by atoms with E-state index in [0.717, 1.165) is 20.8 Å². The second kappa shape index (κ2) is 11.0. The van der Waals surface area contributed by atoms with Crippen LogP contribution in [0.2, 0.25) is 0 Å². The number of alkyl halides is 4. The molecule has 29 heavy (non-hydrogen) atoms. The van der Waals surface area contributed by atoms with Crippen molar-refractivity contribution >= 4 is 58.8 Å². The van der Waals surface area contributed by atoms with Crippen molar-refractivity contribution in [3.63, 3.8) is 0 Å². The summed E-state index contributed by atoms with van der Waals surface area (Å²) in [4.78, 5) is 45.9. The summed E-state index contributed by atoms with van der Waals surface area (Å²) in [5, 5.41) is 2.07. The van der Waals surface area contributed by atoms with Gasteiger partial charge in [0.2, 0.25) is 10.2 Å². The Morgan fingerprint density at radius 2 is 1.52 bits per heavy atom. The highest BCUT2D eigenvalue weighted by atomic mass is 35.6. The van der Waals surface area contributed by atoms with Crippen molar-refractivity contribution in [1.29, 1.82) is 0 Å². The second-order valence-corrected chi connectivity index (χ2v) is 8.35. The predicted molar refractivity (Wildman–Crippen MR) is 96.1 cm³/mol. The summed E-state index contributed by atoms with van der Waals surface area (Å²) < 4.78 is 37.3. The molecule has 14 heteroatoms. The van der Waals surface area contributed by atoms with Crippen LogP contribution in [0.4, 0.5) is 9.18 Å². The molecule has 166 valence electrons. The summed E-state index contributed by atoms with van der Waals surface area (Å²) >= 11 is 16.4. The van der Waals surface area contributed by atoms with Gasteiger partial charge in [-0.05, 0) is 0 Å². The lowest BCUT2D eigenvalue weighted by atomic mass is 9.97. The van der Waals surface area contributed by atoms with E-state index in [1.165, 1.54) is 0 Å². The molecule has 0 aromatic carbocycles. The van der Waals surface area contributed by atoms with Crippen LogP contribution in [0.5, 0.6) is 0 Å². The molecule has 0 bridgehead atoms. The predicted octanol–water partition coefficient (Wildman–Crippen LogP) is 1.57. The Bertz CT molecular complexity index is 631. The summed E-state index contributed by atoms with van der Waals surface area (Å²) in [7, 11) is 0. The number of halogens is 4. The van der Waals surface area contributed by atoms with Crippen LogP contribution in [0.15, 0.2) is 0 Å². The van der Waals surface area contributed by atoms with Gasteiger partial charge in [-0.2, -0.15) is 0 Å². The van der Waals surface area contributed by atoms with Gasteiger partial charge in [-0.3, -0.25) is 14.4 Å². The van der Waals surface area contributed by atoms with Crippen molar-refractivity contribution in [3.8, 4) is 0 Å². The summed E-state index contributed by atoms with van der Waals surface area (Å²) in [6.45, 7) is 2.01. The maximum Gasteiger partial charge on any atom is 0.407 e. The van der Waals surface area contributed by atoms with Gasteiger partial charge in [0.25, 0.3) is 0 Å². The number of ether oxygens (including phenoxy) is 5. The van der Waals surface area contributed by atoms with Crippen LogP contribution in [0.3, 0.4) is 0 Å².